The van der Waals surface area contributed by atoms with Gasteiger partial charge in [-0.15, -0.1) is 0 Å². The number of amides is 1. The number of carbonyl (C=O) groups excluding carboxylic acids is 1. The van der Waals surface area contributed by atoms with Crippen LogP contribution in [0.15, 0.2) is 48.5 Å². The van der Waals surface area contributed by atoms with Crippen molar-refractivity contribution in [2.75, 3.05) is 6.54 Å². The lowest BCUT2D eigenvalue weighted by Gasteiger charge is -2.33. The van der Waals surface area contributed by atoms with Crippen LogP contribution >= 0.6 is 11.6 Å². The van der Waals surface area contributed by atoms with Crippen molar-refractivity contribution in [3.8, 4) is 0 Å². The number of halogens is 1. The molecule has 3 rings (SSSR count). The van der Waals surface area contributed by atoms with Crippen LogP contribution < -0.4 is 5.32 Å². The molecule has 0 spiro atoms. The fourth-order valence-corrected chi connectivity index (χ4v) is 3.14. The van der Waals surface area contributed by atoms with Crippen LogP contribution in [0.4, 0.5) is 0 Å². The second-order valence-electron chi connectivity index (χ2n) is 5.83. The van der Waals surface area contributed by atoms with Crippen LogP contribution in [-0.2, 0) is 12.8 Å². The summed E-state index contributed by atoms with van der Waals surface area (Å²) in [4.78, 5) is 12.2. The zero-order valence-electron chi connectivity index (χ0n) is 12.2. The fourth-order valence-electron chi connectivity index (χ4n) is 2.92. The van der Waals surface area contributed by atoms with Gasteiger partial charge in [-0.05, 0) is 36.1 Å². The molecule has 22 heavy (non-hydrogen) atoms. The van der Waals surface area contributed by atoms with Gasteiger partial charge in [-0.2, -0.15) is 0 Å². The highest BCUT2D eigenvalue weighted by molar-refractivity contribution is 6.33. The Bertz CT molecular complexity index is 701. The van der Waals surface area contributed by atoms with Gasteiger partial charge in [-0.1, -0.05) is 48.0 Å². The van der Waals surface area contributed by atoms with E-state index in [1.807, 2.05) is 18.2 Å². The Morgan fingerprint density at radius 3 is 2.59 bits per heavy atom. The molecule has 1 amide bonds. The number of hydrogen-bond donors (Lipinski definition) is 2. The molecule has 3 nitrogen and oxygen atoms in total. The monoisotopic (exact) mass is 315 g/mol. The number of aliphatic hydroxyl groups is 1. The molecule has 114 valence electrons. The molecular weight excluding hydrogens is 298 g/mol. The first kappa shape index (κ1) is 15.1. The smallest absolute Gasteiger partial charge is 0.252 e. The third kappa shape index (κ3) is 3.16. The van der Waals surface area contributed by atoms with Crippen molar-refractivity contribution in [1.82, 2.24) is 5.32 Å². The van der Waals surface area contributed by atoms with Gasteiger partial charge in [0.1, 0.15) is 0 Å². The predicted molar refractivity (Wildman–Crippen MR) is 87.2 cm³/mol. The van der Waals surface area contributed by atoms with Gasteiger partial charge < -0.3 is 10.4 Å². The lowest BCUT2D eigenvalue weighted by atomic mass is 9.80. The second-order valence-corrected chi connectivity index (χ2v) is 6.24. The number of nitrogens with one attached hydrogen (secondary N) is 1. The largest absolute Gasteiger partial charge is 0.388 e. The minimum Gasteiger partial charge on any atom is -0.388 e. The van der Waals surface area contributed by atoms with E-state index in [0.29, 0.717) is 23.4 Å². The number of fused-ring (bicyclic) bond motifs is 1. The van der Waals surface area contributed by atoms with Crippen molar-refractivity contribution >= 4 is 17.5 Å². The summed E-state index contributed by atoms with van der Waals surface area (Å²) in [5.41, 5.74) is 1.97. The van der Waals surface area contributed by atoms with Crippen LogP contribution in [0.2, 0.25) is 5.02 Å². The number of hydrogen-bond acceptors (Lipinski definition) is 2. The number of carbonyl (C=O) groups is 1. The molecule has 2 aromatic rings. The summed E-state index contributed by atoms with van der Waals surface area (Å²) >= 11 is 6.02. The molecule has 4 heteroatoms. The van der Waals surface area contributed by atoms with E-state index in [4.69, 9.17) is 11.6 Å². The van der Waals surface area contributed by atoms with E-state index in [0.717, 1.165) is 12.0 Å². The van der Waals surface area contributed by atoms with E-state index in [1.54, 1.807) is 24.3 Å². The van der Waals surface area contributed by atoms with Crippen molar-refractivity contribution in [3.05, 3.63) is 70.2 Å². The Kier molecular flexibility index (Phi) is 4.19. The van der Waals surface area contributed by atoms with Gasteiger partial charge in [-0.25, -0.2) is 0 Å². The second kappa shape index (κ2) is 6.11. The van der Waals surface area contributed by atoms with Crippen molar-refractivity contribution in [2.45, 2.75) is 24.9 Å². The van der Waals surface area contributed by atoms with Gasteiger partial charge in [0.2, 0.25) is 0 Å². The molecule has 0 bridgehead atoms. The maximum Gasteiger partial charge on any atom is 0.252 e. The Morgan fingerprint density at radius 2 is 1.82 bits per heavy atom. The van der Waals surface area contributed by atoms with Crippen LogP contribution in [-0.4, -0.2) is 23.2 Å². The molecule has 1 aliphatic rings. The van der Waals surface area contributed by atoms with Crippen LogP contribution in [0.25, 0.3) is 0 Å². The van der Waals surface area contributed by atoms with Gasteiger partial charge in [0, 0.05) is 13.0 Å². The molecule has 0 aromatic heterocycles. The average Bonchev–Trinajstić information content (AvgIpc) is 2.53. The molecule has 2 aromatic carbocycles. The molecule has 0 aliphatic heterocycles. The quantitative estimate of drug-likeness (QED) is 0.915. The SMILES string of the molecule is O=C(NCC1(O)CCc2ccccc2C1)c1ccccc1Cl. The first-order chi connectivity index (χ1) is 10.6. The highest BCUT2D eigenvalue weighted by atomic mass is 35.5. The van der Waals surface area contributed by atoms with Crippen molar-refractivity contribution in [2.24, 2.45) is 0 Å². The fraction of sp³-hybridized carbons (Fsp3) is 0.278. The van der Waals surface area contributed by atoms with E-state index < -0.39 is 5.60 Å². The lowest BCUT2D eigenvalue weighted by Crippen LogP contribution is -2.46. The molecule has 1 unspecified atom stereocenters. The third-order valence-electron chi connectivity index (χ3n) is 4.19. The highest BCUT2D eigenvalue weighted by Gasteiger charge is 2.32. The van der Waals surface area contributed by atoms with E-state index in [9.17, 15) is 9.90 Å². The van der Waals surface area contributed by atoms with E-state index in [-0.39, 0.29) is 12.5 Å². The number of benzene rings is 2. The summed E-state index contributed by atoms with van der Waals surface area (Å²) in [6, 6.07) is 15.0. The summed E-state index contributed by atoms with van der Waals surface area (Å²) in [6.45, 7) is 0.228. The van der Waals surface area contributed by atoms with E-state index in [1.165, 1.54) is 5.56 Å². The summed E-state index contributed by atoms with van der Waals surface area (Å²) in [5, 5.41) is 14.0. The summed E-state index contributed by atoms with van der Waals surface area (Å²) < 4.78 is 0. The molecule has 2 N–H and O–H groups in total. The van der Waals surface area contributed by atoms with Crippen LogP contribution in [0.1, 0.15) is 27.9 Å². The highest BCUT2D eigenvalue weighted by Crippen LogP contribution is 2.28. The standard InChI is InChI=1S/C18H18ClNO2/c19-16-8-4-3-7-15(16)17(21)20-12-18(22)10-9-13-5-1-2-6-14(13)11-18/h1-8,22H,9-12H2,(H,20,21). The van der Waals surface area contributed by atoms with Crippen molar-refractivity contribution in [1.29, 1.82) is 0 Å². The topological polar surface area (TPSA) is 49.3 Å². The molecule has 1 atom stereocenters. The summed E-state index contributed by atoms with van der Waals surface area (Å²) in [7, 11) is 0. The Hall–Kier alpha value is -1.84. The molecule has 0 saturated carbocycles. The maximum absolute atomic E-state index is 12.2. The van der Waals surface area contributed by atoms with E-state index >= 15 is 0 Å². The first-order valence-electron chi connectivity index (χ1n) is 7.39. The van der Waals surface area contributed by atoms with Gasteiger partial charge in [-0.3, -0.25) is 4.79 Å². The zero-order chi connectivity index (χ0) is 15.6. The Balaban J connectivity index is 1.67. The number of rotatable bonds is 3. The first-order valence-corrected chi connectivity index (χ1v) is 7.77. The lowest BCUT2D eigenvalue weighted by molar-refractivity contribution is 0.0260. The van der Waals surface area contributed by atoms with Crippen LogP contribution in [0.3, 0.4) is 0 Å². The van der Waals surface area contributed by atoms with E-state index in [2.05, 4.69) is 11.4 Å². The van der Waals surface area contributed by atoms with Crippen LogP contribution in [0.5, 0.6) is 0 Å². The summed E-state index contributed by atoms with van der Waals surface area (Å²) in [5.74, 6) is -0.252. The summed E-state index contributed by atoms with van der Waals surface area (Å²) in [6.07, 6.45) is 2.04. The third-order valence-corrected chi connectivity index (χ3v) is 4.52. The van der Waals surface area contributed by atoms with Crippen LogP contribution in [0, 0.1) is 0 Å². The predicted octanol–water partition coefficient (Wildman–Crippen LogP) is 2.99. The molecule has 1 aliphatic carbocycles. The molecule has 0 fully saturated rings. The maximum atomic E-state index is 12.2. The minimum atomic E-state index is -0.898. The normalized spacial score (nSPS) is 20.3. The minimum absolute atomic E-state index is 0.228. The Morgan fingerprint density at radius 1 is 1.14 bits per heavy atom. The van der Waals surface area contributed by atoms with Crippen molar-refractivity contribution < 1.29 is 9.90 Å². The molecule has 0 saturated heterocycles. The molecule has 0 radical (unpaired) electrons. The van der Waals surface area contributed by atoms with Crippen molar-refractivity contribution in [3.63, 3.8) is 0 Å². The Labute approximate surface area is 134 Å². The van der Waals surface area contributed by atoms with Gasteiger partial charge in [0.15, 0.2) is 0 Å². The average molecular weight is 316 g/mol. The zero-order valence-corrected chi connectivity index (χ0v) is 12.9. The van der Waals surface area contributed by atoms with Gasteiger partial charge in [0.25, 0.3) is 5.91 Å². The molecular formula is C18H18ClNO2. The number of aryl methyl sites for hydroxylation is 1. The van der Waals surface area contributed by atoms with Gasteiger partial charge >= 0.3 is 0 Å². The molecule has 0 heterocycles. The van der Waals surface area contributed by atoms with Gasteiger partial charge in [0.05, 0.1) is 16.2 Å².